The molecule has 0 aromatic heterocycles. The maximum Gasteiger partial charge on any atom is 0.0824 e. The van der Waals surface area contributed by atoms with Crippen molar-refractivity contribution in [2.75, 3.05) is 0 Å². The Morgan fingerprint density at radius 2 is 1.28 bits per heavy atom. The van der Waals surface area contributed by atoms with E-state index >= 15 is 0 Å². The Hall–Kier alpha value is -1.96. The van der Waals surface area contributed by atoms with Crippen molar-refractivity contribution in [3.63, 3.8) is 0 Å². The molecule has 0 saturated heterocycles. The summed E-state index contributed by atoms with van der Waals surface area (Å²) in [6.07, 6.45) is 2.94. The fraction of sp³-hybridized carbons (Fsp3) is 0.125. The van der Waals surface area contributed by atoms with Gasteiger partial charge in [-0.05, 0) is 35.6 Å². The zero-order chi connectivity index (χ0) is 12.1. The zero-order valence-electron chi connectivity index (χ0n) is 10.3. The van der Waals surface area contributed by atoms with Crippen molar-refractivity contribution in [3.05, 3.63) is 72.1 Å². The van der Waals surface area contributed by atoms with Gasteiger partial charge in [0, 0.05) is 0 Å². The molecule has 0 aliphatic heterocycles. The number of allylic oxidation sites excluding steroid dienone is 1. The summed E-state index contributed by atoms with van der Waals surface area (Å²) in [6, 6.07) is 17.3. The van der Waals surface area contributed by atoms with Gasteiger partial charge in [0.05, 0.1) is 6.33 Å². The largest absolute Gasteiger partial charge is 0.269 e. The van der Waals surface area contributed by atoms with Gasteiger partial charge in [-0.3, -0.25) is 4.70 Å². The van der Waals surface area contributed by atoms with Crippen LogP contribution in [-0.2, 0) is 6.42 Å². The molecule has 1 aliphatic rings. The van der Waals surface area contributed by atoms with Gasteiger partial charge in [-0.1, -0.05) is 54.6 Å². The van der Waals surface area contributed by atoms with Crippen LogP contribution in [0.2, 0.25) is 0 Å². The molecule has 0 spiro atoms. The van der Waals surface area contributed by atoms with E-state index in [-0.39, 0.29) is 4.70 Å². The highest BCUT2D eigenvalue weighted by Crippen LogP contribution is 2.35. The fourth-order valence-electron chi connectivity index (χ4n) is 2.08. The highest BCUT2D eigenvalue weighted by Gasteiger charge is 2.15. The Balaban J connectivity index is 0.000000289. The Morgan fingerprint density at radius 3 is 1.67 bits per heavy atom. The lowest BCUT2D eigenvalue weighted by molar-refractivity contribution is 0.719. The second-order valence-corrected chi connectivity index (χ2v) is 3.95. The van der Waals surface area contributed by atoms with Gasteiger partial charge < -0.3 is 0 Å². The molecular weight excluding hydrogens is 230 g/mol. The molecule has 2 aromatic rings. The van der Waals surface area contributed by atoms with E-state index in [0.29, 0.717) is 6.33 Å². The number of fused-ring (bicyclic) bond motifs is 3. The van der Waals surface area contributed by atoms with Crippen LogP contribution in [0.3, 0.4) is 0 Å². The first-order valence-corrected chi connectivity index (χ1v) is 5.74. The van der Waals surface area contributed by atoms with Crippen molar-refractivity contribution < 1.29 is 9.09 Å². The Bertz CT molecular complexity index is 483. The second-order valence-electron chi connectivity index (χ2n) is 3.95. The van der Waals surface area contributed by atoms with Crippen LogP contribution in [0.4, 0.5) is 9.09 Å². The van der Waals surface area contributed by atoms with Crippen LogP contribution in [0.1, 0.15) is 18.1 Å². The highest BCUT2D eigenvalue weighted by molar-refractivity contribution is 5.76. The summed E-state index contributed by atoms with van der Waals surface area (Å²) in [4.78, 5) is 0. The molecule has 0 bridgehead atoms. The Labute approximate surface area is 106 Å². The smallest absolute Gasteiger partial charge is 0.0824 e. The Morgan fingerprint density at radius 1 is 0.889 bits per heavy atom. The monoisotopic (exact) mass is 246 g/mol. The molecule has 18 heavy (non-hydrogen) atoms. The van der Waals surface area contributed by atoms with Crippen LogP contribution < -0.4 is 0 Å². The molecule has 2 heteroatoms. The maximum atomic E-state index is 10.5. The van der Waals surface area contributed by atoms with Crippen molar-refractivity contribution in [1.29, 1.82) is 0 Å². The molecule has 0 fully saturated rings. The van der Waals surface area contributed by atoms with E-state index in [4.69, 9.17) is 0 Å². The first kappa shape index (κ1) is 14.1. The normalized spacial score (nSPS) is 11.0. The van der Waals surface area contributed by atoms with E-state index in [9.17, 15) is 4.39 Å². The first-order chi connectivity index (χ1) is 8.36. The molecule has 0 amide bonds. The summed E-state index contributed by atoms with van der Waals surface area (Å²) < 4.78 is 10.5. The molecule has 3 rings (SSSR count). The van der Waals surface area contributed by atoms with Gasteiger partial charge >= 0.3 is 0 Å². The van der Waals surface area contributed by atoms with Gasteiger partial charge in [-0.2, -0.15) is 0 Å². The quantitative estimate of drug-likeness (QED) is 0.529. The third-order valence-corrected chi connectivity index (χ3v) is 2.83. The van der Waals surface area contributed by atoms with Crippen molar-refractivity contribution >= 4 is 0 Å². The molecule has 0 unspecified atom stereocenters. The van der Waals surface area contributed by atoms with E-state index < -0.39 is 0 Å². The van der Waals surface area contributed by atoms with Crippen LogP contribution in [0.25, 0.3) is 11.1 Å². The molecule has 1 aliphatic carbocycles. The number of hydrogen-bond acceptors (Lipinski definition) is 0. The summed E-state index contributed by atoms with van der Waals surface area (Å²) in [6.45, 7) is 1.62. The number of benzene rings is 2. The van der Waals surface area contributed by atoms with E-state index in [2.05, 4.69) is 48.5 Å². The number of halogens is 2. The van der Waals surface area contributed by atoms with Gasteiger partial charge in [0.15, 0.2) is 0 Å². The summed E-state index contributed by atoms with van der Waals surface area (Å²) in [5.41, 5.74) is 5.75. The van der Waals surface area contributed by atoms with Crippen molar-refractivity contribution in [2.45, 2.75) is 13.3 Å². The lowest BCUT2D eigenvalue weighted by atomic mass is 10.1. The molecule has 0 atom stereocenters. The first-order valence-electron chi connectivity index (χ1n) is 5.74. The predicted molar refractivity (Wildman–Crippen MR) is 73.1 cm³/mol. The highest BCUT2D eigenvalue weighted by atomic mass is 19.1. The minimum Gasteiger partial charge on any atom is -0.269 e. The third-order valence-electron chi connectivity index (χ3n) is 2.83. The van der Waals surface area contributed by atoms with E-state index in [1.807, 2.05) is 0 Å². The number of hydrogen-bond donors (Lipinski definition) is 0. The van der Waals surface area contributed by atoms with Crippen molar-refractivity contribution in [1.82, 2.24) is 0 Å². The molecule has 0 radical (unpaired) electrons. The van der Waals surface area contributed by atoms with Crippen LogP contribution in [0.5, 0.6) is 0 Å². The van der Waals surface area contributed by atoms with Gasteiger partial charge in [0.2, 0.25) is 0 Å². The van der Waals surface area contributed by atoms with Crippen LogP contribution in [-0.4, -0.2) is 0 Å². The van der Waals surface area contributed by atoms with E-state index in [1.54, 1.807) is 6.92 Å². The Kier molecular flexibility index (Phi) is 5.25. The van der Waals surface area contributed by atoms with E-state index in [1.165, 1.54) is 28.3 Å². The molecule has 2 aromatic carbocycles. The maximum absolute atomic E-state index is 10.5. The molecular formula is C16H16F2. The zero-order valence-corrected chi connectivity index (χ0v) is 10.3. The van der Waals surface area contributed by atoms with E-state index in [0.717, 1.165) is 6.42 Å². The molecule has 0 saturated carbocycles. The number of rotatable bonds is 0. The van der Waals surface area contributed by atoms with Crippen LogP contribution in [0, 0.1) is 0 Å². The van der Waals surface area contributed by atoms with Gasteiger partial charge in [-0.15, -0.1) is 0 Å². The standard InChI is InChI=1S/C13H10.C3H5F.FH/c1-3-7-12-10(5-1)9-11-6-2-4-8-13(11)12;1-2-3-4;/h1-8H,9H2;2-3H,1H3;1H. The van der Waals surface area contributed by atoms with Gasteiger partial charge in [0.25, 0.3) is 0 Å². The average Bonchev–Trinajstić information content (AvgIpc) is 2.77. The molecule has 94 valence electrons. The topological polar surface area (TPSA) is 0 Å². The lowest BCUT2D eigenvalue weighted by Gasteiger charge is -1.98. The summed E-state index contributed by atoms with van der Waals surface area (Å²) in [5.74, 6) is 0. The lowest BCUT2D eigenvalue weighted by Crippen LogP contribution is -1.77. The SMILES string of the molecule is CC=CF.F.c1ccc2c(c1)Cc1ccccc1-2. The summed E-state index contributed by atoms with van der Waals surface area (Å²) in [5, 5.41) is 0. The third kappa shape index (κ3) is 2.83. The molecule has 0 N–H and O–H groups in total. The summed E-state index contributed by atoms with van der Waals surface area (Å²) in [7, 11) is 0. The average molecular weight is 246 g/mol. The van der Waals surface area contributed by atoms with Crippen LogP contribution in [0.15, 0.2) is 60.9 Å². The predicted octanol–water partition coefficient (Wildman–Crippen LogP) is 4.90. The van der Waals surface area contributed by atoms with Crippen molar-refractivity contribution in [3.8, 4) is 11.1 Å². The van der Waals surface area contributed by atoms with Crippen LogP contribution >= 0.6 is 0 Å². The minimum atomic E-state index is 0. The van der Waals surface area contributed by atoms with Gasteiger partial charge in [0.1, 0.15) is 0 Å². The van der Waals surface area contributed by atoms with Crippen molar-refractivity contribution in [2.24, 2.45) is 0 Å². The minimum absolute atomic E-state index is 0. The molecule has 0 heterocycles. The summed E-state index contributed by atoms with van der Waals surface area (Å²) >= 11 is 0. The van der Waals surface area contributed by atoms with Gasteiger partial charge in [-0.25, -0.2) is 4.39 Å². The second kappa shape index (κ2) is 6.70. The fourth-order valence-corrected chi connectivity index (χ4v) is 2.08. The molecule has 0 nitrogen and oxygen atoms in total.